The summed E-state index contributed by atoms with van der Waals surface area (Å²) in [5, 5.41) is 0. The molecule has 1 aliphatic heterocycles. The van der Waals surface area contributed by atoms with Crippen LogP contribution in [0.2, 0.25) is 0 Å². The predicted molar refractivity (Wildman–Crippen MR) is 114 cm³/mol. The number of aryl methyl sites for hydroxylation is 1. The maximum atomic E-state index is 12.7. The quantitative estimate of drug-likeness (QED) is 0.493. The number of halogens is 3. The molecule has 160 valence electrons. The van der Waals surface area contributed by atoms with Gasteiger partial charge in [0.05, 0.1) is 17.4 Å². The Morgan fingerprint density at radius 1 is 0.968 bits per heavy atom. The Labute approximate surface area is 179 Å². The molecule has 31 heavy (non-hydrogen) atoms. The van der Waals surface area contributed by atoms with Gasteiger partial charge >= 0.3 is 6.18 Å². The van der Waals surface area contributed by atoms with E-state index in [0.717, 1.165) is 55.1 Å². The molecule has 3 aromatic rings. The summed E-state index contributed by atoms with van der Waals surface area (Å²) < 4.78 is 43.6. The first-order valence-corrected chi connectivity index (χ1v) is 10.0. The van der Waals surface area contributed by atoms with E-state index in [1.807, 2.05) is 37.4 Å². The van der Waals surface area contributed by atoms with Crippen molar-refractivity contribution in [2.45, 2.75) is 25.9 Å². The molecular weight excluding hydrogens is 403 g/mol. The fourth-order valence-electron chi connectivity index (χ4n) is 3.48. The third-order valence-corrected chi connectivity index (χ3v) is 5.18. The van der Waals surface area contributed by atoms with E-state index >= 15 is 0 Å². The number of anilines is 1. The Hall–Kier alpha value is -3.35. The number of piperidine rings is 1. The van der Waals surface area contributed by atoms with E-state index in [9.17, 15) is 13.2 Å². The van der Waals surface area contributed by atoms with Crippen molar-refractivity contribution < 1.29 is 17.9 Å². The monoisotopic (exact) mass is 425 g/mol. The van der Waals surface area contributed by atoms with Gasteiger partial charge in [-0.15, -0.1) is 0 Å². The van der Waals surface area contributed by atoms with E-state index in [0.29, 0.717) is 5.75 Å². The highest BCUT2D eigenvalue weighted by Crippen LogP contribution is 2.30. The molecule has 0 spiro atoms. The fourth-order valence-corrected chi connectivity index (χ4v) is 3.48. The summed E-state index contributed by atoms with van der Waals surface area (Å²) in [5.74, 6) is 0.655. The van der Waals surface area contributed by atoms with Gasteiger partial charge in [0.25, 0.3) is 0 Å². The lowest BCUT2D eigenvalue weighted by Gasteiger charge is -2.30. The molecule has 4 rings (SSSR count). The highest BCUT2D eigenvalue weighted by atomic mass is 19.4. The summed E-state index contributed by atoms with van der Waals surface area (Å²) >= 11 is 0. The molecule has 0 amide bonds. The summed E-state index contributed by atoms with van der Waals surface area (Å²) in [7, 11) is 0. The number of aromatic nitrogens is 2. The Morgan fingerprint density at radius 3 is 2.42 bits per heavy atom. The Morgan fingerprint density at radius 2 is 1.77 bits per heavy atom. The van der Waals surface area contributed by atoms with Crippen LogP contribution in [0.25, 0.3) is 6.08 Å². The van der Waals surface area contributed by atoms with Crippen molar-refractivity contribution in [3.8, 4) is 11.6 Å². The van der Waals surface area contributed by atoms with Crippen LogP contribution in [0.3, 0.4) is 0 Å². The zero-order valence-electron chi connectivity index (χ0n) is 17.1. The summed E-state index contributed by atoms with van der Waals surface area (Å²) in [6.45, 7) is 3.84. The van der Waals surface area contributed by atoms with Crippen LogP contribution >= 0.6 is 0 Å². The molecule has 1 aromatic carbocycles. The number of nitrogens with zero attached hydrogens (tertiary/aromatic N) is 3. The van der Waals surface area contributed by atoms with Crippen molar-refractivity contribution in [3.63, 3.8) is 0 Å². The molecule has 2 aromatic heterocycles. The first-order valence-electron chi connectivity index (χ1n) is 10.0. The SMILES string of the molecule is Cc1ccc(N2CCC(=Cc3cccc(Oc4ccc(C(F)(F)F)cn4)c3)CC2)cn1. The number of benzene rings is 1. The molecule has 0 aliphatic carbocycles. The average Bonchev–Trinajstić information content (AvgIpc) is 2.75. The topological polar surface area (TPSA) is 38.2 Å². The van der Waals surface area contributed by atoms with Crippen LogP contribution in [-0.2, 0) is 6.18 Å². The third-order valence-electron chi connectivity index (χ3n) is 5.18. The van der Waals surface area contributed by atoms with Crippen LogP contribution < -0.4 is 9.64 Å². The van der Waals surface area contributed by atoms with Gasteiger partial charge in [-0.25, -0.2) is 4.98 Å². The van der Waals surface area contributed by atoms with E-state index in [1.54, 1.807) is 6.07 Å². The van der Waals surface area contributed by atoms with Crippen LogP contribution in [0.5, 0.6) is 11.6 Å². The number of pyridine rings is 2. The molecule has 7 heteroatoms. The minimum Gasteiger partial charge on any atom is -0.439 e. The molecule has 1 fully saturated rings. The molecule has 0 bridgehead atoms. The van der Waals surface area contributed by atoms with Gasteiger partial charge in [-0.2, -0.15) is 13.2 Å². The van der Waals surface area contributed by atoms with E-state index in [4.69, 9.17) is 4.74 Å². The van der Waals surface area contributed by atoms with E-state index in [-0.39, 0.29) is 5.88 Å². The van der Waals surface area contributed by atoms with Gasteiger partial charge in [0.15, 0.2) is 0 Å². The first-order chi connectivity index (χ1) is 14.9. The van der Waals surface area contributed by atoms with Crippen molar-refractivity contribution in [3.05, 3.63) is 83.3 Å². The van der Waals surface area contributed by atoms with E-state index in [1.165, 1.54) is 11.6 Å². The highest BCUT2D eigenvalue weighted by Gasteiger charge is 2.30. The second-order valence-corrected chi connectivity index (χ2v) is 7.50. The number of rotatable bonds is 4. The summed E-state index contributed by atoms with van der Waals surface area (Å²) in [5.41, 5.74) is 3.69. The number of hydrogen-bond donors (Lipinski definition) is 0. The number of alkyl halides is 3. The van der Waals surface area contributed by atoms with E-state index in [2.05, 4.69) is 27.0 Å². The maximum absolute atomic E-state index is 12.7. The van der Waals surface area contributed by atoms with Gasteiger partial charge in [0.1, 0.15) is 5.75 Å². The van der Waals surface area contributed by atoms with Gasteiger partial charge in [0, 0.05) is 31.0 Å². The molecular formula is C24H22F3N3O. The highest BCUT2D eigenvalue weighted by molar-refractivity contribution is 5.56. The van der Waals surface area contributed by atoms with Crippen molar-refractivity contribution in [2.24, 2.45) is 0 Å². The summed E-state index contributed by atoms with van der Waals surface area (Å²) in [6.07, 6.45) is 2.35. The molecule has 0 saturated carbocycles. The second-order valence-electron chi connectivity index (χ2n) is 7.50. The molecule has 1 saturated heterocycles. The zero-order chi connectivity index (χ0) is 21.8. The normalized spacial score (nSPS) is 14.5. The molecule has 4 nitrogen and oxygen atoms in total. The first kappa shape index (κ1) is 20.9. The van der Waals surface area contributed by atoms with E-state index < -0.39 is 11.7 Å². The van der Waals surface area contributed by atoms with Crippen molar-refractivity contribution in [2.75, 3.05) is 18.0 Å². The Balaban J connectivity index is 1.39. The molecule has 3 heterocycles. The molecule has 0 radical (unpaired) electrons. The third kappa shape index (κ3) is 5.42. The van der Waals surface area contributed by atoms with Gasteiger partial charge in [-0.3, -0.25) is 4.98 Å². The van der Waals surface area contributed by atoms with Crippen molar-refractivity contribution >= 4 is 11.8 Å². The smallest absolute Gasteiger partial charge is 0.417 e. The lowest BCUT2D eigenvalue weighted by molar-refractivity contribution is -0.137. The molecule has 0 unspecified atom stereocenters. The summed E-state index contributed by atoms with van der Waals surface area (Å²) in [6, 6.07) is 13.8. The lowest BCUT2D eigenvalue weighted by atomic mass is 10.0. The van der Waals surface area contributed by atoms with Crippen LogP contribution in [0.4, 0.5) is 18.9 Å². The minimum absolute atomic E-state index is 0.123. The average molecular weight is 425 g/mol. The Bertz CT molecular complexity index is 1050. The van der Waals surface area contributed by atoms with Gasteiger partial charge in [-0.05, 0) is 55.7 Å². The number of hydrogen-bond acceptors (Lipinski definition) is 4. The van der Waals surface area contributed by atoms with Gasteiger partial charge in [0.2, 0.25) is 5.88 Å². The maximum Gasteiger partial charge on any atom is 0.417 e. The lowest BCUT2D eigenvalue weighted by Crippen LogP contribution is -2.30. The summed E-state index contributed by atoms with van der Waals surface area (Å²) in [4.78, 5) is 10.5. The van der Waals surface area contributed by atoms with Crippen LogP contribution in [0, 0.1) is 6.92 Å². The van der Waals surface area contributed by atoms with Crippen molar-refractivity contribution in [1.29, 1.82) is 0 Å². The van der Waals surface area contributed by atoms with Gasteiger partial charge in [-0.1, -0.05) is 23.8 Å². The van der Waals surface area contributed by atoms with Crippen LogP contribution in [-0.4, -0.2) is 23.1 Å². The molecule has 0 atom stereocenters. The zero-order valence-corrected chi connectivity index (χ0v) is 17.1. The minimum atomic E-state index is -4.41. The van der Waals surface area contributed by atoms with Crippen molar-refractivity contribution in [1.82, 2.24) is 9.97 Å². The Kier molecular flexibility index (Phi) is 5.93. The predicted octanol–water partition coefficient (Wildman–Crippen LogP) is 6.28. The standard InChI is InChI=1S/C24H22F3N3O/c1-17-5-7-21(16-28-17)30-11-9-18(10-12-30)13-19-3-2-4-22(14-19)31-23-8-6-20(15-29-23)24(25,26)27/h2-8,13-16H,9-12H2,1H3. The van der Waals surface area contributed by atoms with Crippen LogP contribution in [0.1, 0.15) is 29.7 Å². The largest absolute Gasteiger partial charge is 0.439 e. The molecule has 1 aliphatic rings. The fraction of sp³-hybridized carbons (Fsp3) is 0.250. The second kappa shape index (κ2) is 8.79. The van der Waals surface area contributed by atoms with Crippen LogP contribution in [0.15, 0.2) is 66.5 Å². The van der Waals surface area contributed by atoms with Gasteiger partial charge < -0.3 is 9.64 Å². The number of ether oxygens (including phenoxy) is 1. The molecule has 0 N–H and O–H groups in total.